The first kappa shape index (κ1) is 10.6. The maximum atomic E-state index is 3.94. The second-order valence-corrected chi connectivity index (χ2v) is 5.44. The topological polar surface area (TPSA) is 42.7 Å². The second kappa shape index (κ2) is 3.59. The lowest BCUT2D eigenvalue weighted by atomic mass is 9.68. The van der Waals surface area contributed by atoms with Gasteiger partial charge in [0.2, 0.25) is 0 Å². The number of aromatic nitrogens is 3. The highest BCUT2D eigenvalue weighted by Crippen LogP contribution is 2.40. The molecule has 15 heavy (non-hydrogen) atoms. The van der Waals surface area contributed by atoms with Crippen LogP contribution in [0.25, 0.3) is 0 Å². The molecule has 1 N–H and O–H groups in total. The molecule has 1 fully saturated rings. The zero-order chi connectivity index (χ0) is 11.1. The Morgan fingerprint density at radius 2 is 2.20 bits per heavy atom. The first-order chi connectivity index (χ1) is 6.98. The van der Waals surface area contributed by atoms with Crippen LogP contribution in [0.2, 0.25) is 0 Å². The third-order valence-corrected chi connectivity index (χ3v) is 3.28. The lowest BCUT2D eigenvalue weighted by molar-refractivity contribution is 0.117. The van der Waals surface area contributed by atoms with E-state index in [9.17, 15) is 0 Å². The van der Waals surface area contributed by atoms with Gasteiger partial charge in [0.05, 0.1) is 11.9 Å². The molecule has 1 heterocycles. The fourth-order valence-corrected chi connectivity index (χ4v) is 2.52. The third kappa shape index (κ3) is 2.20. The molecule has 1 aromatic heterocycles. The predicted octanol–water partition coefficient (Wildman–Crippen LogP) is 1.65. The van der Waals surface area contributed by atoms with Gasteiger partial charge in [0.25, 0.3) is 0 Å². The highest BCUT2D eigenvalue weighted by molar-refractivity contribution is 5.03. The van der Waals surface area contributed by atoms with E-state index in [4.69, 9.17) is 0 Å². The smallest absolute Gasteiger partial charge is 0.0750 e. The van der Waals surface area contributed by atoms with E-state index in [1.807, 2.05) is 17.9 Å². The van der Waals surface area contributed by atoms with Crippen molar-refractivity contribution < 1.29 is 0 Å². The van der Waals surface area contributed by atoms with Crippen LogP contribution in [0.4, 0.5) is 0 Å². The minimum Gasteiger partial charge on any atom is -0.306 e. The van der Waals surface area contributed by atoms with Crippen molar-refractivity contribution in [1.29, 1.82) is 0 Å². The molecule has 84 valence electrons. The molecule has 0 spiro atoms. The van der Waals surface area contributed by atoms with Crippen LogP contribution in [0.1, 0.15) is 45.3 Å². The van der Waals surface area contributed by atoms with Crippen LogP contribution >= 0.6 is 0 Å². The van der Waals surface area contributed by atoms with Gasteiger partial charge in [-0.1, -0.05) is 19.1 Å². The normalized spacial score (nSPS) is 22.4. The van der Waals surface area contributed by atoms with Gasteiger partial charge in [-0.05, 0) is 25.2 Å². The van der Waals surface area contributed by atoms with E-state index in [-0.39, 0.29) is 0 Å². The van der Waals surface area contributed by atoms with Gasteiger partial charge in [-0.3, -0.25) is 4.68 Å². The SMILES string of the molecule is CC(NC1CC(C)(C)C1)c1cnnn1C. The summed E-state index contributed by atoms with van der Waals surface area (Å²) in [4.78, 5) is 0. The predicted molar refractivity (Wildman–Crippen MR) is 59.4 cm³/mol. The third-order valence-electron chi connectivity index (χ3n) is 3.28. The Bertz CT molecular complexity index is 334. The van der Waals surface area contributed by atoms with E-state index in [2.05, 4.69) is 36.4 Å². The molecule has 0 aromatic carbocycles. The highest BCUT2D eigenvalue weighted by atomic mass is 15.4. The summed E-state index contributed by atoms with van der Waals surface area (Å²) in [5.74, 6) is 0. The van der Waals surface area contributed by atoms with Crippen molar-refractivity contribution in [3.63, 3.8) is 0 Å². The lowest BCUT2D eigenvalue weighted by Gasteiger charge is -2.44. The Morgan fingerprint density at radius 3 is 2.67 bits per heavy atom. The molecule has 0 radical (unpaired) electrons. The number of aryl methyl sites for hydroxylation is 1. The Kier molecular flexibility index (Phi) is 2.54. The molecule has 1 unspecified atom stereocenters. The van der Waals surface area contributed by atoms with E-state index in [0.29, 0.717) is 17.5 Å². The number of rotatable bonds is 3. The van der Waals surface area contributed by atoms with Crippen molar-refractivity contribution >= 4 is 0 Å². The standard InChI is InChI=1S/C11H20N4/c1-8(10-7-12-14-15(10)4)13-9-5-11(2,3)6-9/h7-9,13H,5-6H2,1-4H3. The minimum atomic E-state index is 0.339. The molecule has 1 saturated carbocycles. The van der Waals surface area contributed by atoms with Crippen molar-refractivity contribution in [1.82, 2.24) is 20.3 Å². The molecular formula is C11H20N4. The average Bonchev–Trinajstić information content (AvgIpc) is 2.47. The summed E-state index contributed by atoms with van der Waals surface area (Å²) in [6.45, 7) is 6.81. The van der Waals surface area contributed by atoms with Crippen molar-refractivity contribution in [2.75, 3.05) is 0 Å². The van der Waals surface area contributed by atoms with E-state index >= 15 is 0 Å². The first-order valence-corrected chi connectivity index (χ1v) is 5.58. The van der Waals surface area contributed by atoms with Gasteiger partial charge in [0.1, 0.15) is 0 Å². The first-order valence-electron chi connectivity index (χ1n) is 5.58. The minimum absolute atomic E-state index is 0.339. The summed E-state index contributed by atoms with van der Waals surface area (Å²) in [7, 11) is 1.94. The van der Waals surface area contributed by atoms with E-state index < -0.39 is 0 Å². The Morgan fingerprint density at radius 1 is 1.53 bits per heavy atom. The van der Waals surface area contributed by atoms with Crippen molar-refractivity contribution in [2.24, 2.45) is 12.5 Å². The van der Waals surface area contributed by atoms with Crippen LogP contribution in [0, 0.1) is 5.41 Å². The monoisotopic (exact) mass is 208 g/mol. The molecule has 0 saturated heterocycles. The van der Waals surface area contributed by atoms with E-state index in [0.717, 1.165) is 5.69 Å². The molecule has 4 heteroatoms. The summed E-state index contributed by atoms with van der Waals surface area (Å²) in [6, 6.07) is 0.996. The fraction of sp³-hybridized carbons (Fsp3) is 0.818. The molecule has 0 aliphatic heterocycles. The molecule has 1 atom stereocenters. The molecule has 0 bridgehead atoms. The second-order valence-electron chi connectivity index (χ2n) is 5.44. The highest BCUT2D eigenvalue weighted by Gasteiger charge is 2.36. The molecule has 2 rings (SSSR count). The van der Waals surface area contributed by atoms with Crippen molar-refractivity contribution in [3.05, 3.63) is 11.9 Å². The molecule has 1 aliphatic rings. The van der Waals surface area contributed by atoms with E-state index in [1.54, 1.807) is 0 Å². The fourth-order valence-electron chi connectivity index (χ4n) is 2.52. The molecule has 4 nitrogen and oxygen atoms in total. The van der Waals surface area contributed by atoms with Gasteiger partial charge < -0.3 is 5.32 Å². The molecule has 1 aromatic rings. The number of hydrogen-bond acceptors (Lipinski definition) is 3. The Hall–Kier alpha value is -0.900. The van der Waals surface area contributed by atoms with Crippen LogP contribution in [0.5, 0.6) is 0 Å². The van der Waals surface area contributed by atoms with Crippen molar-refractivity contribution in [2.45, 2.75) is 45.7 Å². The number of nitrogens with zero attached hydrogens (tertiary/aromatic N) is 3. The molecular weight excluding hydrogens is 188 g/mol. The largest absolute Gasteiger partial charge is 0.306 e. The van der Waals surface area contributed by atoms with Gasteiger partial charge in [0, 0.05) is 19.1 Å². The summed E-state index contributed by atoms with van der Waals surface area (Å²) in [6.07, 6.45) is 4.37. The van der Waals surface area contributed by atoms with Crippen LogP contribution in [0.15, 0.2) is 6.20 Å². The zero-order valence-electron chi connectivity index (χ0n) is 9.99. The van der Waals surface area contributed by atoms with Gasteiger partial charge in [-0.2, -0.15) is 0 Å². The maximum absolute atomic E-state index is 3.94. The summed E-state index contributed by atoms with van der Waals surface area (Å²) in [5, 5.41) is 11.5. The summed E-state index contributed by atoms with van der Waals surface area (Å²) in [5.41, 5.74) is 1.68. The summed E-state index contributed by atoms with van der Waals surface area (Å²) >= 11 is 0. The zero-order valence-corrected chi connectivity index (χ0v) is 9.99. The van der Waals surface area contributed by atoms with Crippen molar-refractivity contribution in [3.8, 4) is 0 Å². The van der Waals surface area contributed by atoms with Crippen LogP contribution in [-0.2, 0) is 7.05 Å². The van der Waals surface area contributed by atoms with Gasteiger partial charge in [0.15, 0.2) is 0 Å². The Balaban J connectivity index is 1.89. The molecule has 1 aliphatic carbocycles. The van der Waals surface area contributed by atoms with Crippen LogP contribution in [-0.4, -0.2) is 21.0 Å². The quantitative estimate of drug-likeness (QED) is 0.821. The van der Waals surface area contributed by atoms with Gasteiger partial charge in [-0.25, -0.2) is 0 Å². The van der Waals surface area contributed by atoms with E-state index in [1.165, 1.54) is 12.8 Å². The average molecular weight is 208 g/mol. The van der Waals surface area contributed by atoms with Gasteiger partial charge in [-0.15, -0.1) is 5.10 Å². The molecule has 0 amide bonds. The summed E-state index contributed by atoms with van der Waals surface area (Å²) < 4.78 is 1.83. The van der Waals surface area contributed by atoms with Gasteiger partial charge >= 0.3 is 0 Å². The number of nitrogens with one attached hydrogen (secondary N) is 1. The Labute approximate surface area is 91.1 Å². The van der Waals surface area contributed by atoms with Crippen LogP contribution < -0.4 is 5.32 Å². The van der Waals surface area contributed by atoms with Crippen LogP contribution in [0.3, 0.4) is 0 Å². The maximum Gasteiger partial charge on any atom is 0.0750 e. The number of hydrogen-bond donors (Lipinski definition) is 1. The lowest BCUT2D eigenvalue weighted by Crippen LogP contribution is -2.46.